The number of benzene rings is 1. The van der Waals surface area contributed by atoms with Gasteiger partial charge in [-0.05, 0) is 37.1 Å². The first kappa shape index (κ1) is 12.4. The summed E-state index contributed by atoms with van der Waals surface area (Å²) < 4.78 is 0. The molecule has 0 aliphatic heterocycles. The van der Waals surface area contributed by atoms with Crippen molar-refractivity contribution in [2.75, 3.05) is 11.9 Å². The summed E-state index contributed by atoms with van der Waals surface area (Å²) >= 11 is 5.84. The summed E-state index contributed by atoms with van der Waals surface area (Å²) in [5, 5.41) is 0.701. The third kappa shape index (κ3) is 3.01. The summed E-state index contributed by atoms with van der Waals surface area (Å²) in [4.78, 5) is 14.0. The minimum atomic E-state index is 0.212. The van der Waals surface area contributed by atoms with Crippen LogP contribution < -0.4 is 4.90 Å². The van der Waals surface area contributed by atoms with E-state index in [9.17, 15) is 4.79 Å². The first-order valence-electron chi connectivity index (χ1n) is 6.21. The molecule has 92 valence electrons. The van der Waals surface area contributed by atoms with Gasteiger partial charge in [0.05, 0.1) is 0 Å². The Balaban J connectivity index is 2.05. The average molecular weight is 252 g/mol. The molecule has 0 aromatic heterocycles. The summed E-state index contributed by atoms with van der Waals surface area (Å²) in [7, 11) is 1.85. The normalized spacial score (nSPS) is 16.8. The van der Waals surface area contributed by atoms with Gasteiger partial charge in [0.1, 0.15) is 0 Å². The molecule has 1 fully saturated rings. The van der Waals surface area contributed by atoms with Crippen molar-refractivity contribution in [3.63, 3.8) is 0 Å². The SMILES string of the molecule is CN(C(=O)C1CCCCC1)c1ccc(Cl)cc1. The molecule has 1 aliphatic rings. The predicted molar refractivity (Wildman–Crippen MR) is 71.4 cm³/mol. The van der Waals surface area contributed by atoms with E-state index < -0.39 is 0 Å². The highest BCUT2D eigenvalue weighted by atomic mass is 35.5. The van der Waals surface area contributed by atoms with Gasteiger partial charge in [-0.2, -0.15) is 0 Å². The van der Waals surface area contributed by atoms with E-state index in [0.717, 1.165) is 18.5 Å². The Morgan fingerprint density at radius 3 is 2.35 bits per heavy atom. The maximum Gasteiger partial charge on any atom is 0.229 e. The Labute approximate surface area is 108 Å². The molecule has 0 atom stereocenters. The van der Waals surface area contributed by atoms with Crippen molar-refractivity contribution in [2.45, 2.75) is 32.1 Å². The van der Waals surface area contributed by atoms with Gasteiger partial charge >= 0.3 is 0 Å². The highest BCUT2D eigenvalue weighted by Crippen LogP contribution is 2.27. The monoisotopic (exact) mass is 251 g/mol. The Morgan fingerprint density at radius 2 is 1.76 bits per heavy atom. The van der Waals surface area contributed by atoms with Crippen LogP contribution in [0.5, 0.6) is 0 Å². The van der Waals surface area contributed by atoms with Gasteiger partial charge in [-0.1, -0.05) is 30.9 Å². The maximum absolute atomic E-state index is 12.3. The van der Waals surface area contributed by atoms with Gasteiger partial charge in [-0.25, -0.2) is 0 Å². The molecule has 0 radical (unpaired) electrons. The van der Waals surface area contributed by atoms with Crippen LogP contribution in [0.15, 0.2) is 24.3 Å². The lowest BCUT2D eigenvalue weighted by atomic mass is 9.88. The average Bonchev–Trinajstić information content (AvgIpc) is 2.39. The summed E-state index contributed by atoms with van der Waals surface area (Å²) in [6, 6.07) is 7.43. The third-order valence-corrected chi connectivity index (χ3v) is 3.75. The second-order valence-electron chi connectivity index (χ2n) is 4.71. The molecule has 1 saturated carbocycles. The topological polar surface area (TPSA) is 20.3 Å². The molecular weight excluding hydrogens is 234 g/mol. The van der Waals surface area contributed by atoms with E-state index in [-0.39, 0.29) is 11.8 Å². The van der Waals surface area contributed by atoms with E-state index in [1.54, 1.807) is 4.90 Å². The van der Waals surface area contributed by atoms with E-state index in [0.29, 0.717) is 5.02 Å². The van der Waals surface area contributed by atoms with Crippen LogP contribution >= 0.6 is 11.6 Å². The van der Waals surface area contributed by atoms with Crippen molar-refractivity contribution in [3.8, 4) is 0 Å². The fourth-order valence-corrected chi connectivity index (χ4v) is 2.54. The minimum Gasteiger partial charge on any atom is -0.315 e. The number of carbonyl (C=O) groups excluding carboxylic acids is 1. The van der Waals surface area contributed by atoms with Gasteiger partial charge in [0, 0.05) is 23.7 Å². The van der Waals surface area contributed by atoms with Crippen molar-refractivity contribution in [1.82, 2.24) is 0 Å². The summed E-state index contributed by atoms with van der Waals surface area (Å²) in [6.45, 7) is 0. The number of hydrogen-bond acceptors (Lipinski definition) is 1. The molecule has 1 aromatic carbocycles. The lowest BCUT2D eigenvalue weighted by molar-refractivity contribution is -0.123. The molecule has 2 rings (SSSR count). The van der Waals surface area contributed by atoms with Gasteiger partial charge in [-0.3, -0.25) is 4.79 Å². The molecule has 0 spiro atoms. The molecule has 0 N–H and O–H groups in total. The summed E-state index contributed by atoms with van der Waals surface area (Å²) in [6.07, 6.45) is 5.72. The van der Waals surface area contributed by atoms with Gasteiger partial charge < -0.3 is 4.90 Å². The van der Waals surface area contributed by atoms with Crippen molar-refractivity contribution < 1.29 is 4.79 Å². The van der Waals surface area contributed by atoms with E-state index in [1.807, 2.05) is 31.3 Å². The zero-order valence-corrected chi connectivity index (χ0v) is 10.9. The second-order valence-corrected chi connectivity index (χ2v) is 5.15. The number of hydrogen-bond donors (Lipinski definition) is 0. The maximum atomic E-state index is 12.3. The minimum absolute atomic E-state index is 0.212. The highest BCUT2D eigenvalue weighted by molar-refractivity contribution is 6.30. The number of carbonyl (C=O) groups is 1. The fraction of sp³-hybridized carbons (Fsp3) is 0.500. The highest BCUT2D eigenvalue weighted by Gasteiger charge is 2.24. The lowest BCUT2D eigenvalue weighted by Gasteiger charge is -2.26. The Kier molecular flexibility index (Phi) is 4.06. The van der Waals surface area contributed by atoms with Gasteiger partial charge in [0.25, 0.3) is 0 Å². The van der Waals surface area contributed by atoms with Crippen LogP contribution in [0.3, 0.4) is 0 Å². The van der Waals surface area contributed by atoms with Crippen LogP contribution in [0, 0.1) is 5.92 Å². The standard InChI is InChI=1S/C14H18ClNO/c1-16(13-9-7-12(15)8-10-13)14(17)11-5-3-2-4-6-11/h7-11H,2-6H2,1H3. The van der Waals surface area contributed by atoms with E-state index >= 15 is 0 Å². The second kappa shape index (κ2) is 5.54. The van der Waals surface area contributed by atoms with Crippen LogP contribution in [0.2, 0.25) is 5.02 Å². The molecule has 3 heteroatoms. The lowest BCUT2D eigenvalue weighted by Crippen LogP contribution is -2.33. The Hall–Kier alpha value is -1.02. The van der Waals surface area contributed by atoms with Gasteiger partial charge in [-0.15, -0.1) is 0 Å². The fourth-order valence-electron chi connectivity index (χ4n) is 2.42. The largest absolute Gasteiger partial charge is 0.315 e. The summed E-state index contributed by atoms with van der Waals surface area (Å²) in [5.41, 5.74) is 0.921. The van der Waals surface area contributed by atoms with Gasteiger partial charge in [0.15, 0.2) is 0 Å². The first-order chi connectivity index (χ1) is 8.18. The molecule has 0 heterocycles. The predicted octanol–water partition coefficient (Wildman–Crippen LogP) is 3.88. The molecular formula is C14H18ClNO. The van der Waals surface area contributed by atoms with Crippen LogP contribution in [-0.4, -0.2) is 13.0 Å². The number of halogens is 1. The van der Waals surface area contributed by atoms with Crippen LogP contribution in [-0.2, 0) is 4.79 Å². The van der Waals surface area contributed by atoms with Crippen LogP contribution in [0.25, 0.3) is 0 Å². The number of amides is 1. The van der Waals surface area contributed by atoms with Crippen molar-refractivity contribution in [1.29, 1.82) is 0 Å². The van der Waals surface area contributed by atoms with E-state index in [1.165, 1.54) is 19.3 Å². The van der Waals surface area contributed by atoms with Crippen molar-refractivity contribution in [2.24, 2.45) is 5.92 Å². The quantitative estimate of drug-likeness (QED) is 0.781. The molecule has 0 saturated heterocycles. The van der Waals surface area contributed by atoms with E-state index in [4.69, 9.17) is 11.6 Å². The van der Waals surface area contributed by atoms with Crippen molar-refractivity contribution >= 4 is 23.2 Å². The number of anilines is 1. The smallest absolute Gasteiger partial charge is 0.229 e. The van der Waals surface area contributed by atoms with Crippen LogP contribution in [0.1, 0.15) is 32.1 Å². The molecule has 1 aliphatic carbocycles. The third-order valence-electron chi connectivity index (χ3n) is 3.50. The molecule has 2 nitrogen and oxygen atoms in total. The van der Waals surface area contributed by atoms with Crippen LogP contribution in [0.4, 0.5) is 5.69 Å². The Morgan fingerprint density at radius 1 is 1.18 bits per heavy atom. The molecule has 1 aromatic rings. The number of rotatable bonds is 2. The Bertz CT molecular complexity index is 382. The zero-order valence-electron chi connectivity index (χ0n) is 10.2. The first-order valence-corrected chi connectivity index (χ1v) is 6.59. The molecule has 0 unspecified atom stereocenters. The molecule has 0 bridgehead atoms. The number of nitrogens with zero attached hydrogens (tertiary/aromatic N) is 1. The van der Waals surface area contributed by atoms with Gasteiger partial charge in [0.2, 0.25) is 5.91 Å². The molecule has 17 heavy (non-hydrogen) atoms. The van der Waals surface area contributed by atoms with Crippen molar-refractivity contribution in [3.05, 3.63) is 29.3 Å². The summed E-state index contributed by atoms with van der Waals surface area (Å²) in [5.74, 6) is 0.455. The zero-order chi connectivity index (χ0) is 12.3. The van der Waals surface area contributed by atoms with E-state index in [2.05, 4.69) is 0 Å². The molecule has 1 amide bonds.